The van der Waals surface area contributed by atoms with Crippen LogP contribution >= 0.6 is 0 Å². The van der Waals surface area contributed by atoms with Crippen molar-refractivity contribution in [2.45, 2.75) is 57.4 Å². The maximum absolute atomic E-state index is 12.8. The lowest BCUT2D eigenvalue weighted by atomic mass is 9.87. The fourth-order valence-corrected chi connectivity index (χ4v) is 3.93. The SMILES string of the molecule is Cc1nc2c([nH]1)CC(C(=O)NC1(c3nn[nH]n3)CCCC1)CC2. The summed E-state index contributed by atoms with van der Waals surface area (Å²) in [4.78, 5) is 20.6. The number of tetrazole rings is 1. The number of amides is 1. The monoisotopic (exact) mass is 315 g/mol. The van der Waals surface area contributed by atoms with E-state index in [0.29, 0.717) is 5.82 Å². The fraction of sp³-hybridized carbons (Fsp3) is 0.667. The van der Waals surface area contributed by atoms with E-state index in [1.54, 1.807) is 0 Å². The number of nitrogens with one attached hydrogen (secondary N) is 3. The minimum atomic E-state index is -0.450. The molecule has 0 aromatic carbocycles. The quantitative estimate of drug-likeness (QED) is 0.779. The standard InChI is InChI=1S/C15H21N7O/c1-9-16-11-5-4-10(8-12(11)17-9)13(23)18-15(6-2-3-7-15)14-19-21-22-20-14/h10H,2-8H2,1H3,(H,16,17)(H,18,23)(H,19,20,21,22). The van der Waals surface area contributed by atoms with Crippen LogP contribution in [0.25, 0.3) is 0 Å². The average Bonchev–Trinajstić information content (AvgIpc) is 3.26. The summed E-state index contributed by atoms with van der Waals surface area (Å²) in [7, 11) is 0. The Kier molecular flexibility index (Phi) is 3.39. The van der Waals surface area contributed by atoms with E-state index in [9.17, 15) is 4.79 Å². The number of hydrogen-bond acceptors (Lipinski definition) is 5. The second kappa shape index (κ2) is 5.43. The molecule has 0 spiro atoms. The molecule has 3 N–H and O–H groups in total. The summed E-state index contributed by atoms with van der Waals surface area (Å²) in [5.41, 5.74) is 1.77. The Balaban J connectivity index is 1.51. The van der Waals surface area contributed by atoms with Crippen molar-refractivity contribution in [1.29, 1.82) is 0 Å². The Morgan fingerprint density at radius 1 is 1.35 bits per heavy atom. The molecule has 2 aliphatic rings. The molecule has 8 nitrogen and oxygen atoms in total. The molecule has 0 bridgehead atoms. The first-order valence-corrected chi connectivity index (χ1v) is 8.27. The van der Waals surface area contributed by atoms with E-state index < -0.39 is 5.54 Å². The Labute approximate surface area is 133 Å². The third kappa shape index (κ3) is 2.51. The van der Waals surface area contributed by atoms with Crippen LogP contribution in [0.1, 0.15) is 55.1 Å². The summed E-state index contributed by atoms with van der Waals surface area (Å²) in [5.74, 6) is 1.61. The van der Waals surface area contributed by atoms with Crippen molar-refractivity contribution < 1.29 is 4.79 Å². The summed E-state index contributed by atoms with van der Waals surface area (Å²) in [6.07, 6.45) is 6.31. The highest BCUT2D eigenvalue weighted by Gasteiger charge is 2.42. The minimum absolute atomic E-state index is 0.0215. The molecule has 1 fully saturated rings. The second-order valence-electron chi connectivity index (χ2n) is 6.70. The summed E-state index contributed by atoms with van der Waals surface area (Å²) >= 11 is 0. The summed E-state index contributed by atoms with van der Waals surface area (Å²) < 4.78 is 0. The van der Waals surface area contributed by atoms with Crippen LogP contribution in [0.5, 0.6) is 0 Å². The molecule has 1 saturated carbocycles. The average molecular weight is 315 g/mol. The summed E-state index contributed by atoms with van der Waals surface area (Å²) in [6, 6.07) is 0. The molecule has 8 heteroatoms. The van der Waals surface area contributed by atoms with Crippen LogP contribution in [0.2, 0.25) is 0 Å². The van der Waals surface area contributed by atoms with Gasteiger partial charge in [0.2, 0.25) is 5.91 Å². The highest BCUT2D eigenvalue weighted by atomic mass is 16.2. The first-order chi connectivity index (χ1) is 11.2. The predicted molar refractivity (Wildman–Crippen MR) is 81.3 cm³/mol. The van der Waals surface area contributed by atoms with E-state index in [-0.39, 0.29) is 11.8 Å². The van der Waals surface area contributed by atoms with Gasteiger partial charge in [0.1, 0.15) is 11.4 Å². The van der Waals surface area contributed by atoms with Gasteiger partial charge in [-0.05, 0) is 32.6 Å². The van der Waals surface area contributed by atoms with Crippen molar-refractivity contribution in [1.82, 2.24) is 35.9 Å². The van der Waals surface area contributed by atoms with Gasteiger partial charge >= 0.3 is 0 Å². The Morgan fingerprint density at radius 2 is 2.17 bits per heavy atom. The van der Waals surface area contributed by atoms with E-state index in [2.05, 4.69) is 35.9 Å². The van der Waals surface area contributed by atoms with Crippen molar-refractivity contribution >= 4 is 5.91 Å². The fourth-order valence-electron chi connectivity index (χ4n) is 3.93. The van der Waals surface area contributed by atoms with Gasteiger partial charge in [-0.25, -0.2) is 4.98 Å². The van der Waals surface area contributed by atoms with Crippen molar-refractivity contribution in [3.05, 3.63) is 23.0 Å². The van der Waals surface area contributed by atoms with Gasteiger partial charge in [-0.15, -0.1) is 10.2 Å². The van der Waals surface area contributed by atoms with E-state index >= 15 is 0 Å². The maximum Gasteiger partial charge on any atom is 0.224 e. The molecule has 4 rings (SSSR count). The lowest BCUT2D eigenvalue weighted by Crippen LogP contribution is -2.48. The Bertz CT molecular complexity index is 699. The number of nitrogens with zero attached hydrogens (tertiary/aromatic N) is 4. The van der Waals surface area contributed by atoms with Crippen LogP contribution < -0.4 is 5.32 Å². The van der Waals surface area contributed by atoms with E-state index in [1.807, 2.05) is 6.92 Å². The van der Waals surface area contributed by atoms with Gasteiger partial charge in [-0.3, -0.25) is 4.79 Å². The van der Waals surface area contributed by atoms with Crippen LogP contribution in [0, 0.1) is 12.8 Å². The van der Waals surface area contributed by atoms with Gasteiger partial charge in [0, 0.05) is 18.0 Å². The lowest BCUT2D eigenvalue weighted by Gasteiger charge is -2.30. The Morgan fingerprint density at radius 3 is 2.91 bits per heavy atom. The van der Waals surface area contributed by atoms with Crippen molar-refractivity contribution in [2.75, 3.05) is 0 Å². The second-order valence-corrected chi connectivity index (χ2v) is 6.70. The van der Waals surface area contributed by atoms with Gasteiger partial charge in [0.25, 0.3) is 0 Å². The number of rotatable bonds is 3. The third-order valence-corrected chi connectivity index (χ3v) is 5.13. The molecule has 0 aliphatic heterocycles. The topological polar surface area (TPSA) is 112 Å². The van der Waals surface area contributed by atoms with Crippen molar-refractivity contribution in [2.24, 2.45) is 5.92 Å². The molecule has 0 radical (unpaired) electrons. The number of hydrogen-bond donors (Lipinski definition) is 3. The van der Waals surface area contributed by atoms with Crippen molar-refractivity contribution in [3.63, 3.8) is 0 Å². The molecule has 2 aromatic rings. The van der Waals surface area contributed by atoms with E-state index in [4.69, 9.17) is 0 Å². The first kappa shape index (κ1) is 14.3. The molecule has 2 heterocycles. The molecule has 2 aliphatic carbocycles. The largest absolute Gasteiger partial charge is 0.346 e. The highest BCUT2D eigenvalue weighted by Crippen LogP contribution is 2.37. The number of H-pyrrole nitrogens is 2. The normalized spacial score (nSPS) is 22.7. The first-order valence-electron chi connectivity index (χ1n) is 8.27. The predicted octanol–water partition coefficient (Wildman–Crippen LogP) is 0.922. The molecule has 1 atom stereocenters. The summed E-state index contributed by atoms with van der Waals surface area (Å²) in [5, 5.41) is 17.7. The third-order valence-electron chi connectivity index (χ3n) is 5.13. The zero-order valence-electron chi connectivity index (χ0n) is 13.2. The lowest BCUT2D eigenvalue weighted by molar-refractivity contribution is -0.127. The van der Waals surface area contributed by atoms with E-state index in [1.165, 1.54) is 0 Å². The van der Waals surface area contributed by atoms with Crippen LogP contribution in [0.15, 0.2) is 0 Å². The van der Waals surface area contributed by atoms with Crippen LogP contribution in [-0.2, 0) is 23.2 Å². The number of carbonyl (C=O) groups is 1. The van der Waals surface area contributed by atoms with Crippen LogP contribution in [0.3, 0.4) is 0 Å². The highest BCUT2D eigenvalue weighted by molar-refractivity contribution is 5.80. The number of aromatic amines is 2. The molecular weight excluding hydrogens is 294 g/mol. The smallest absolute Gasteiger partial charge is 0.224 e. The van der Waals surface area contributed by atoms with Gasteiger partial charge in [0.15, 0.2) is 5.82 Å². The number of aromatic nitrogens is 6. The van der Waals surface area contributed by atoms with Crippen LogP contribution in [-0.4, -0.2) is 36.5 Å². The van der Waals surface area contributed by atoms with E-state index in [0.717, 1.165) is 62.2 Å². The van der Waals surface area contributed by atoms with Gasteiger partial charge in [-0.1, -0.05) is 18.1 Å². The number of imidazole rings is 1. The molecule has 1 amide bonds. The zero-order chi connectivity index (χ0) is 15.9. The molecule has 1 unspecified atom stereocenters. The number of fused-ring (bicyclic) bond motifs is 1. The van der Waals surface area contributed by atoms with Gasteiger partial charge in [-0.2, -0.15) is 5.21 Å². The minimum Gasteiger partial charge on any atom is -0.346 e. The zero-order valence-corrected chi connectivity index (χ0v) is 13.2. The Hall–Kier alpha value is -2.25. The maximum atomic E-state index is 12.8. The van der Waals surface area contributed by atoms with Gasteiger partial charge < -0.3 is 10.3 Å². The number of aryl methyl sites for hydroxylation is 2. The van der Waals surface area contributed by atoms with Gasteiger partial charge in [0.05, 0.1) is 5.69 Å². The van der Waals surface area contributed by atoms with Crippen LogP contribution in [0.4, 0.5) is 0 Å². The molecule has 122 valence electrons. The molecule has 2 aromatic heterocycles. The molecular formula is C15H21N7O. The summed E-state index contributed by atoms with van der Waals surface area (Å²) in [6.45, 7) is 1.96. The van der Waals surface area contributed by atoms with Crippen molar-refractivity contribution in [3.8, 4) is 0 Å². The molecule has 23 heavy (non-hydrogen) atoms. The number of carbonyl (C=O) groups excluding carboxylic acids is 1. The molecule has 0 saturated heterocycles.